The zero-order valence-electron chi connectivity index (χ0n) is 18.2. The van der Waals surface area contributed by atoms with Crippen LogP contribution in [0.4, 0.5) is 11.5 Å². The third kappa shape index (κ3) is 3.34. The maximum Gasteiger partial charge on any atom is 0.235 e. The Balaban J connectivity index is 1.68. The number of ketones is 2. The Hall–Kier alpha value is -4.37. The summed E-state index contributed by atoms with van der Waals surface area (Å²) >= 11 is 0. The number of ether oxygens (including phenoxy) is 1. The van der Waals surface area contributed by atoms with E-state index in [4.69, 9.17) is 4.74 Å². The molecule has 0 saturated carbocycles. The van der Waals surface area contributed by atoms with Crippen LogP contribution in [0.3, 0.4) is 0 Å². The van der Waals surface area contributed by atoms with Gasteiger partial charge in [-0.05, 0) is 30.3 Å². The molecule has 0 saturated heterocycles. The Labute approximate surface area is 194 Å². The number of phenolic OH excluding ortho intramolecular Hbond substituents is 2. The van der Waals surface area contributed by atoms with Crippen molar-refractivity contribution in [3.63, 3.8) is 0 Å². The van der Waals surface area contributed by atoms with Crippen LogP contribution < -0.4 is 14.5 Å². The van der Waals surface area contributed by atoms with Gasteiger partial charge in [-0.1, -0.05) is 18.2 Å². The van der Waals surface area contributed by atoms with Crippen molar-refractivity contribution in [1.82, 2.24) is 4.98 Å². The van der Waals surface area contributed by atoms with E-state index < -0.39 is 23.1 Å². The third-order valence-electron chi connectivity index (χ3n) is 5.91. The molecule has 1 aromatic heterocycles. The molecule has 34 heavy (non-hydrogen) atoms. The molecule has 2 aromatic carbocycles. The number of pyridine rings is 1. The molecular weight excluding hydrogens is 438 g/mol. The second kappa shape index (κ2) is 8.20. The lowest BCUT2D eigenvalue weighted by molar-refractivity contribution is 0.0931. The van der Waals surface area contributed by atoms with Crippen LogP contribution in [0.15, 0.2) is 66.2 Å². The van der Waals surface area contributed by atoms with Crippen LogP contribution in [0.5, 0.6) is 17.2 Å². The lowest BCUT2D eigenvalue weighted by Crippen LogP contribution is -2.34. The number of carbonyl (C=O) groups is 2. The van der Waals surface area contributed by atoms with Gasteiger partial charge in [-0.2, -0.15) is 0 Å². The van der Waals surface area contributed by atoms with E-state index in [-0.39, 0.29) is 35.7 Å². The summed E-state index contributed by atoms with van der Waals surface area (Å²) in [7, 11) is 1.80. The number of aromatic hydroxyl groups is 2. The Morgan fingerprint density at radius 2 is 1.71 bits per heavy atom. The molecule has 0 bridgehead atoms. The summed E-state index contributed by atoms with van der Waals surface area (Å²) in [6.45, 7) is 0.582. The van der Waals surface area contributed by atoms with Crippen molar-refractivity contribution in [3.8, 4) is 17.2 Å². The number of carbonyl (C=O) groups excluding carboxylic acids is 2. The highest BCUT2D eigenvalue weighted by Gasteiger charge is 2.42. The van der Waals surface area contributed by atoms with Crippen molar-refractivity contribution in [2.45, 2.75) is 6.54 Å². The second-order valence-corrected chi connectivity index (χ2v) is 8.01. The molecule has 3 N–H and O–H groups in total. The maximum atomic E-state index is 13.7. The first kappa shape index (κ1) is 21.5. The van der Waals surface area contributed by atoms with Gasteiger partial charge in [0.15, 0.2) is 0 Å². The lowest BCUT2D eigenvalue weighted by Gasteiger charge is -2.29. The summed E-state index contributed by atoms with van der Waals surface area (Å²) in [6, 6.07) is 13.0. The van der Waals surface area contributed by atoms with Gasteiger partial charge in [0.25, 0.3) is 0 Å². The number of hydrogen-bond donors (Lipinski definition) is 3. The number of aliphatic hydroxyl groups excluding tert-OH is 1. The summed E-state index contributed by atoms with van der Waals surface area (Å²) in [5, 5.41) is 29.9. The van der Waals surface area contributed by atoms with Crippen molar-refractivity contribution in [3.05, 3.63) is 82.9 Å². The van der Waals surface area contributed by atoms with Crippen LogP contribution in [0.25, 0.3) is 0 Å². The Bertz CT molecular complexity index is 1350. The molecule has 1 aliphatic carbocycles. The van der Waals surface area contributed by atoms with Crippen LogP contribution in [0, 0.1) is 0 Å². The number of aromatic nitrogens is 1. The summed E-state index contributed by atoms with van der Waals surface area (Å²) in [5.41, 5.74) is 0.653. The molecule has 5 rings (SSSR count). The highest BCUT2D eigenvalue weighted by molar-refractivity contribution is 6.29. The first-order chi connectivity index (χ1) is 16.4. The van der Waals surface area contributed by atoms with Crippen molar-refractivity contribution >= 4 is 23.1 Å². The molecule has 1 aliphatic heterocycles. The number of aliphatic hydroxyl groups is 1. The fourth-order valence-electron chi connectivity index (χ4n) is 4.16. The number of phenols is 2. The van der Waals surface area contributed by atoms with Crippen molar-refractivity contribution in [2.75, 3.05) is 30.0 Å². The molecule has 172 valence electrons. The second-order valence-electron chi connectivity index (χ2n) is 8.01. The van der Waals surface area contributed by atoms with Crippen molar-refractivity contribution < 1.29 is 29.6 Å². The number of anilines is 2. The lowest BCUT2D eigenvalue weighted by atomic mass is 9.89. The summed E-state index contributed by atoms with van der Waals surface area (Å²) in [5.74, 6) is -1.36. The zero-order chi connectivity index (χ0) is 24.0. The first-order valence-corrected chi connectivity index (χ1v) is 10.6. The SMILES string of the molecule is CN(CCO)c1ccc(N2Cc3ccccc3OC3=C2C(=O)c2c(O)ccc(O)c2C3=O)cn1. The molecule has 0 amide bonds. The molecule has 0 unspecified atom stereocenters. The van der Waals surface area contributed by atoms with Gasteiger partial charge in [0.1, 0.15) is 28.8 Å². The van der Waals surface area contributed by atoms with Crippen LogP contribution >= 0.6 is 0 Å². The predicted molar refractivity (Wildman–Crippen MR) is 123 cm³/mol. The fourth-order valence-corrected chi connectivity index (χ4v) is 4.16. The van der Waals surface area contributed by atoms with Gasteiger partial charge in [0, 0.05) is 19.2 Å². The number of allylic oxidation sites excluding steroid dienone is 2. The van der Waals surface area contributed by atoms with Crippen LogP contribution in [0.1, 0.15) is 26.3 Å². The van der Waals surface area contributed by atoms with Gasteiger partial charge in [-0.3, -0.25) is 9.59 Å². The van der Waals surface area contributed by atoms with E-state index in [0.717, 1.165) is 5.56 Å². The number of likely N-dealkylation sites (N-methyl/N-ethyl adjacent to an activating group) is 1. The molecule has 0 radical (unpaired) electrons. The van der Waals surface area contributed by atoms with Gasteiger partial charge in [-0.25, -0.2) is 4.98 Å². The summed E-state index contributed by atoms with van der Waals surface area (Å²) in [4.78, 5) is 34.9. The predicted octanol–water partition coefficient (Wildman–Crippen LogP) is 2.61. The number of fused-ring (bicyclic) bond motifs is 2. The normalized spacial score (nSPS) is 14.7. The van der Waals surface area contributed by atoms with Crippen LogP contribution in [-0.4, -0.2) is 52.1 Å². The molecule has 2 heterocycles. The highest BCUT2D eigenvalue weighted by Crippen LogP contribution is 2.42. The molecule has 0 atom stereocenters. The van der Waals surface area contributed by atoms with Gasteiger partial charge in [-0.15, -0.1) is 0 Å². The topological polar surface area (TPSA) is 123 Å². The van der Waals surface area contributed by atoms with E-state index in [0.29, 0.717) is 23.8 Å². The number of Topliss-reactive ketones (excluding diaryl/α,β-unsaturated/α-hetero) is 2. The number of nitrogens with zero attached hydrogens (tertiary/aromatic N) is 3. The standard InChI is InChI=1S/C25H21N3O6/c1-27(10-11-29)19-9-6-15(12-26-19)28-13-14-4-2-3-5-18(14)34-25-22(28)23(32)20-16(30)7-8-17(31)21(20)24(25)33/h2-9,12,29-31H,10-11,13H2,1H3. The number of para-hydroxylation sites is 1. The Kier molecular flexibility index (Phi) is 5.18. The van der Waals surface area contributed by atoms with E-state index in [2.05, 4.69) is 4.98 Å². The van der Waals surface area contributed by atoms with Crippen LogP contribution in [-0.2, 0) is 6.54 Å². The third-order valence-corrected chi connectivity index (χ3v) is 5.91. The Morgan fingerprint density at radius 3 is 2.38 bits per heavy atom. The molecule has 2 aliphatic rings. The minimum Gasteiger partial charge on any atom is -0.507 e. The quantitative estimate of drug-likeness (QED) is 0.505. The van der Waals surface area contributed by atoms with Gasteiger partial charge < -0.3 is 29.9 Å². The molecule has 9 heteroatoms. The number of rotatable bonds is 4. The maximum absolute atomic E-state index is 13.7. The molecule has 0 spiro atoms. The number of hydrogen-bond acceptors (Lipinski definition) is 9. The van der Waals surface area contributed by atoms with Crippen LogP contribution in [0.2, 0.25) is 0 Å². The van der Waals surface area contributed by atoms with E-state index in [9.17, 15) is 24.9 Å². The van der Waals surface area contributed by atoms with E-state index in [1.54, 1.807) is 47.3 Å². The fraction of sp³-hybridized carbons (Fsp3) is 0.160. The number of benzene rings is 2. The smallest absolute Gasteiger partial charge is 0.235 e. The minimum absolute atomic E-state index is 0.0250. The average Bonchev–Trinajstić information content (AvgIpc) is 3.02. The van der Waals surface area contributed by atoms with E-state index in [1.165, 1.54) is 12.1 Å². The first-order valence-electron chi connectivity index (χ1n) is 10.6. The average molecular weight is 459 g/mol. The van der Waals surface area contributed by atoms with E-state index >= 15 is 0 Å². The molecule has 0 fully saturated rings. The minimum atomic E-state index is -0.702. The zero-order valence-corrected chi connectivity index (χ0v) is 18.2. The van der Waals surface area contributed by atoms with E-state index in [1.807, 2.05) is 12.1 Å². The van der Waals surface area contributed by atoms with Crippen molar-refractivity contribution in [1.29, 1.82) is 0 Å². The molecular formula is C25H21N3O6. The summed E-state index contributed by atoms with van der Waals surface area (Å²) in [6.07, 6.45) is 1.57. The monoisotopic (exact) mass is 459 g/mol. The Morgan fingerprint density at radius 1 is 1.00 bits per heavy atom. The largest absolute Gasteiger partial charge is 0.507 e. The molecule has 3 aromatic rings. The van der Waals surface area contributed by atoms with Crippen molar-refractivity contribution in [2.24, 2.45) is 0 Å². The van der Waals surface area contributed by atoms with Gasteiger partial charge in [0.05, 0.1) is 36.2 Å². The van der Waals surface area contributed by atoms with Gasteiger partial charge in [0.2, 0.25) is 17.3 Å². The van der Waals surface area contributed by atoms with Gasteiger partial charge >= 0.3 is 0 Å². The molecule has 9 nitrogen and oxygen atoms in total. The summed E-state index contributed by atoms with van der Waals surface area (Å²) < 4.78 is 5.96. The highest BCUT2D eigenvalue weighted by atomic mass is 16.5.